The van der Waals surface area contributed by atoms with E-state index in [4.69, 9.17) is 9.47 Å². The molecule has 0 spiro atoms. The third kappa shape index (κ3) is 4.09. The molecular formula is C13H17NO5S. The molecule has 0 radical (unpaired) electrons. The number of hydrogen-bond acceptors (Lipinski definition) is 6. The molecule has 2 fully saturated rings. The highest BCUT2D eigenvalue weighted by atomic mass is 32.1. The van der Waals surface area contributed by atoms with Crippen LogP contribution in [0.3, 0.4) is 0 Å². The summed E-state index contributed by atoms with van der Waals surface area (Å²) in [6.07, 6.45) is 0.0280. The van der Waals surface area contributed by atoms with E-state index < -0.39 is 11.2 Å². The molecular weight excluding hydrogens is 282 g/mol. The topological polar surface area (TPSA) is 70.8 Å². The second-order valence-electron chi connectivity index (χ2n) is 4.51. The van der Waals surface area contributed by atoms with Crippen molar-refractivity contribution in [1.29, 1.82) is 0 Å². The van der Waals surface area contributed by atoms with Gasteiger partial charge in [-0.05, 0) is 12.0 Å². The Hall–Kier alpha value is -1.31. The van der Waals surface area contributed by atoms with Gasteiger partial charge in [-0.3, -0.25) is 0 Å². The molecule has 0 aliphatic carbocycles. The minimum atomic E-state index is -0.794. The maximum atomic E-state index is 10.0. The number of rotatable bonds is 3. The van der Waals surface area contributed by atoms with E-state index in [0.29, 0.717) is 6.61 Å². The first kappa shape index (κ1) is 15.1. The minimum absolute atomic E-state index is 0.00468. The van der Waals surface area contributed by atoms with Crippen molar-refractivity contribution < 1.29 is 19.4 Å². The van der Waals surface area contributed by atoms with Gasteiger partial charge >= 0.3 is 0 Å². The normalized spacial score (nSPS) is 27.4. The number of ether oxygens (including phenoxy) is 2. The standard InChI is InChI=1S/C7H8S.C6H9NO5/c8-6-7-4-2-1-3-5-7;8-7(9)12-5-3-11-4-1-2-10-6(4)5/h1-5,8H,6H2;4-6H,1-3H2. The Morgan fingerprint density at radius 3 is 2.70 bits per heavy atom. The molecule has 2 aliphatic rings. The van der Waals surface area contributed by atoms with Crippen molar-refractivity contribution in [3.05, 3.63) is 46.0 Å². The van der Waals surface area contributed by atoms with Gasteiger partial charge in [-0.15, -0.1) is 10.1 Å². The van der Waals surface area contributed by atoms with Crippen molar-refractivity contribution in [3.8, 4) is 0 Å². The van der Waals surface area contributed by atoms with E-state index in [9.17, 15) is 10.1 Å². The summed E-state index contributed by atoms with van der Waals surface area (Å²) in [5.41, 5.74) is 1.27. The molecule has 110 valence electrons. The summed E-state index contributed by atoms with van der Waals surface area (Å²) in [4.78, 5) is 14.4. The first-order chi connectivity index (χ1) is 9.70. The minimum Gasteiger partial charge on any atom is -0.373 e. The zero-order valence-corrected chi connectivity index (χ0v) is 11.8. The molecule has 2 saturated heterocycles. The highest BCUT2D eigenvalue weighted by molar-refractivity contribution is 7.79. The van der Waals surface area contributed by atoms with Gasteiger partial charge in [-0.1, -0.05) is 30.3 Å². The second kappa shape index (κ2) is 7.47. The van der Waals surface area contributed by atoms with E-state index in [1.165, 1.54) is 5.56 Å². The first-order valence-corrected chi connectivity index (χ1v) is 7.03. The van der Waals surface area contributed by atoms with Crippen LogP contribution < -0.4 is 0 Å². The van der Waals surface area contributed by atoms with Crippen molar-refractivity contribution in [1.82, 2.24) is 0 Å². The van der Waals surface area contributed by atoms with Crippen LogP contribution >= 0.6 is 12.6 Å². The molecule has 0 N–H and O–H groups in total. The Kier molecular flexibility index (Phi) is 5.63. The second-order valence-corrected chi connectivity index (χ2v) is 4.82. The van der Waals surface area contributed by atoms with Crippen LogP contribution in [-0.4, -0.2) is 36.6 Å². The number of hydrogen-bond donors (Lipinski definition) is 1. The van der Waals surface area contributed by atoms with Crippen LogP contribution in [-0.2, 0) is 20.1 Å². The van der Waals surface area contributed by atoms with Gasteiger partial charge in [0, 0.05) is 12.4 Å². The van der Waals surface area contributed by atoms with Crippen molar-refractivity contribution in [2.24, 2.45) is 0 Å². The smallest absolute Gasteiger partial charge is 0.294 e. The van der Waals surface area contributed by atoms with Crippen LogP contribution in [0.25, 0.3) is 0 Å². The molecule has 2 aliphatic heterocycles. The molecule has 7 heteroatoms. The molecule has 0 aromatic heterocycles. The summed E-state index contributed by atoms with van der Waals surface area (Å²) in [5.74, 6) is 0.834. The van der Waals surface area contributed by atoms with Gasteiger partial charge in [0.25, 0.3) is 5.09 Å². The van der Waals surface area contributed by atoms with E-state index in [-0.39, 0.29) is 18.8 Å². The van der Waals surface area contributed by atoms with Crippen LogP contribution in [0.1, 0.15) is 12.0 Å². The summed E-state index contributed by atoms with van der Waals surface area (Å²) in [6.45, 7) is 0.864. The number of nitrogens with zero attached hydrogens (tertiary/aromatic N) is 1. The summed E-state index contributed by atoms with van der Waals surface area (Å²) in [6, 6.07) is 10.2. The lowest BCUT2D eigenvalue weighted by atomic mass is 10.1. The fourth-order valence-corrected chi connectivity index (χ4v) is 2.43. The maximum absolute atomic E-state index is 10.0. The molecule has 6 nitrogen and oxygen atoms in total. The zero-order chi connectivity index (χ0) is 14.4. The molecule has 2 heterocycles. The van der Waals surface area contributed by atoms with Crippen LogP contribution in [0.4, 0.5) is 0 Å². The highest BCUT2D eigenvalue weighted by Gasteiger charge is 2.43. The van der Waals surface area contributed by atoms with Crippen LogP contribution in [0.2, 0.25) is 0 Å². The third-order valence-electron chi connectivity index (χ3n) is 3.17. The zero-order valence-electron chi connectivity index (χ0n) is 10.9. The molecule has 1 aromatic carbocycles. The Labute approximate surface area is 122 Å². The molecule has 3 rings (SSSR count). The summed E-state index contributed by atoms with van der Waals surface area (Å²) in [5, 5.41) is 9.22. The van der Waals surface area contributed by atoms with E-state index >= 15 is 0 Å². The van der Waals surface area contributed by atoms with Gasteiger partial charge in [0.15, 0.2) is 6.10 Å². The lowest BCUT2D eigenvalue weighted by Gasteiger charge is -2.12. The van der Waals surface area contributed by atoms with E-state index in [1.54, 1.807) is 0 Å². The average molecular weight is 299 g/mol. The molecule has 1 aromatic rings. The molecule has 0 bridgehead atoms. The maximum Gasteiger partial charge on any atom is 0.294 e. The van der Waals surface area contributed by atoms with Gasteiger partial charge < -0.3 is 14.3 Å². The van der Waals surface area contributed by atoms with Crippen molar-refractivity contribution in [2.75, 3.05) is 13.2 Å². The molecule has 3 atom stereocenters. The fourth-order valence-electron chi connectivity index (χ4n) is 2.21. The summed E-state index contributed by atoms with van der Waals surface area (Å²) in [7, 11) is 0. The Morgan fingerprint density at radius 1 is 1.35 bits per heavy atom. The first-order valence-electron chi connectivity index (χ1n) is 6.40. The highest BCUT2D eigenvalue weighted by Crippen LogP contribution is 2.28. The molecule has 20 heavy (non-hydrogen) atoms. The van der Waals surface area contributed by atoms with E-state index in [2.05, 4.69) is 29.6 Å². The van der Waals surface area contributed by atoms with Crippen molar-refractivity contribution >= 4 is 12.6 Å². The summed E-state index contributed by atoms with van der Waals surface area (Å²) >= 11 is 4.11. The Balaban J connectivity index is 0.000000160. The molecule has 0 amide bonds. The van der Waals surface area contributed by atoms with E-state index in [1.807, 2.05) is 18.2 Å². The predicted molar refractivity (Wildman–Crippen MR) is 75.1 cm³/mol. The van der Waals surface area contributed by atoms with E-state index in [0.717, 1.165) is 12.2 Å². The number of thiol groups is 1. The average Bonchev–Trinajstić information content (AvgIpc) is 3.05. The summed E-state index contributed by atoms with van der Waals surface area (Å²) < 4.78 is 10.5. The van der Waals surface area contributed by atoms with Crippen LogP contribution in [0.5, 0.6) is 0 Å². The van der Waals surface area contributed by atoms with Gasteiger partial charge in [0.2, 0.25) is 0 Å². The van der Waals surface area contributed by atoms with Gasteiger partial charge in [-0.2, -0.15) is 12.6 Å². The lowest BCUT2D eigenvalue weighted by Crippen LogP contribution is -2.31. The quantitative estimate of drug-likeness (QED) is 0.524. The van der Waals surface area contributed by atoms with Crippen LogP contribution in [0, 0.1) is 10.1 Å². The SMILES string of the molecule is O=[N+]([O-])OC1COC2CCOC21.SCc1ccccc1. The fraction of sp³-hybridized carbons (Fsp3) is 0.538. The van der Waals surface area contributed by atoms with Crippen molar-refractivity contribution in [3.63, 3.8) is 0 Å². The monoisotopic (exact) mass is 299 g/mol. The van der Waals surface area contributed by atoms with Crippen molar-refractivity contribution in [2.45, 2.75) is 30.5 Å². The van der Waals surface area contributed by atoms with Gasteiger partial charge in [0.05, 0.1) is 12.7 Å². The predicted octanol–water partition coefficient (Wildman–Crippen LogP) is 1.87. The van der Waals surface area contributed by atoms with Gasteiger partial charge in [-0.25, -0.2) is 0 Å². The van der Waals surface area contributed by atoms with Crippen LogP contribution in [0.15, 0.2) is 30.3 Å². The third-order valence-corrected chi connectivity index (χ3v) is 3.53. The number of benzene rings is 1. The Morgan fingerprint density at radius 2 is 2.10 bits per heavy atom. The largest absolute Gasteiger partial charge is 0.373 e. The molecule has 0 saturated carbocycles. The molecule has 3 unspecified atom stereocenters. The lowest BCUT2D eigenvalue weighted by molar-refractivity contribution is -0.769. The van der Waals surface area contributed by atoms with Gasteiger partial charge in [0.1, 0.15) is 6.10 Å². The number of fused-ring (bicyclic) bond motifs is 1. The Bertz CT molecular complexity index is 430.